The number of hydrogen-bond donors (Lipinski definition) is 2. The van der Waals surface area contributed by atoms with Gasteiger partial charge in [-0.3, -0.25) is 4.90 Å². The van der Waals surface area contributed by atoms with Gasteiger partial charge >= 0.3 is 0 Å². The van der Waals surface area contributed by atoms with E-state index in [1.807, 2.05) is 0 Å². The highest BCUT2D eigenvalue weighted by Gasteiger charge is 2.37. The summed E-state index contributed by atoms with van der Waals surface area (Å²) in [6.07, 6.45) is 4.73. The Hall–Kier alpha value is -0.120. The van der Waals surface area contributed by atoms with E-state index < -0.39 is 0 Å². The van der Waals surface area contributed by atoms with Crippen molar-refractivity contribution in [3.8, 4) is 0 Å². The first-order valence-corrected chi connectivity index (χ1v) is 5.25. The molecule has 2 N–H and O–H groups in total. The lowest BCUT2D eigenvalue weighted by Crippen LogP contribution is -2.54. The van der Waals surface area contributed by atoms with Gasteiger partial charge in [0.1, 0.15) is 0 Å². The van der Waals surface area contributed by atoms with E-state index in [2.05, 4.69) is 4.90 Å². The van der Waals surface area contributed by atoms with Gasteiger partial charge in [0, 0.05) is 31.7 Å². The van der Waals surface area contributed by atoms with E-state index in [4.69, 9.17) is 5.11 Å². The van der Waals surface area contributed by atoms with Gasteiger partial charge in [-0.1, -0.05) is 12.8 Å². The predicted molar refractivity (Wildman–Crippen MR) is 50.4 cm³/mol. The molecule has 0 aromatic carbocycles. The number of hydrogen-bond acceptors (Lipinski definition) is 3. The summed E-state index contributed by atoms with van der Waals surface area (Å²) in [4.78, 5) is 2.26. The van der Waals surface area contributed by atoms with Gasteiger partial charge in [-0.25, -0.2) is 0 Å². The molecular formula is C10H19NO2. The van der Waals surface area contributed by atoms with Gasteiger partial charge in [-0.2, -0.15) is 0 Å². The molecule has 0 unspecified atom stereocenters. The van der Waals surface area contributed by atoms with Crippen LogP contribution in [0.2, 0.25) is 0 Å². The largest absolute Gasteiger partial charge is 0.396 e. The van der Waals surface area contributed by atoms with Crippen molar-refractivity contribution in [2.24, 2.45) is 5.41 Å². The molecule has 3 heteroatoms. The lowest BCUT2D eigenvalue weighted by molar-refractivity contribution is -0.0329. The normalized spacial score (nSPS) is 29.1. The third-order valence-corrected chi connectivity index (χ3v) is 3.50. The summed E-state index contributed by atoms with van der Waals surface area (Å²) < 4.78 is 0. The maximum Gasteiger partial charge on any atom is 0.0793 e. The van der Waals surface area contributed by atoms with E-state index in [-0.39, 0.29) is 11.5 Å². The van der Waals surface area contributed by atoms with E-state index in [1.54, 1.807) is 0 Å². The molecular weight excluding hydrogens is 166 g/mol. The highest BCUT2D eigenvalue weighted by atomic mass is 16.3. The number of nitrogens with zero attached hydrogens (tertiary/aromatic N) is 1. The first-order valence-electron chi connectivity index (χ1n) is 5.25. The van der Waals surface area contributed by atoms with Gasteiger partial charge in [-0.05, 0) is 12.8 Å². The minimum Gasteiger partial charge on any atom is -0.396 e. The van der Waals surface area contributed by atoms with E-state index in [1.165, 1.54) is 12.8 Å². The van der Waals surface area contributed by atoms with E-state index in [0.717, 1.165) is 32.5 Å². The van der Waals surface area contributed by atoms with E-state index in [9.17, 15) is 5.11 Å². The number of likely N-dealkylation sites (tertiary alicyclic amines) is 1. The minimum atomic E-state index is -0.114. The van der Waals surface area contributed by atoms with E-state index >= 15 is 0 Å². The SMILES string of the molecule is OCC1(CN2CC(O)C2)CCCC1. The highest BCUT2D eigenvalue weighted by molar-refractivity contribution is 4.91. The van der Waals surface area contributed by atoms with Crippen molar-refractivity contribution in [1.82, 2.24) is 4.90 Å². The average Bonchev–Trinajstić information content (AvgIpc) is 2.51. The molecule has 0 atom stereocenters. The third kappa shape index (κ3) is 1.87. The molecule has 76 valence electrons. The molecule has 2 aliphatic rings. The second-order valence-corrected chi connectivity index (χ2v) is 4.71. The molecule has 2 fully saturated rings. The van der Waals surface area contributed by atoms with Crippen LogP contribution in [-0.2, 0) is 0 Å². The molecule has 2 rings (SSSR count). The van der Waals surface area contributed by atoms with Crippen LogP contribution in [0.4, 0.5) is 0 Å². The summed E-state index contributed by atoms with van der Waals surface area (Å²) in [7, 11) is 0. The Bertz CT molecular complexity index is 172. The molecule has 0 bridgehead atoms. The number of aliphatic hydroxyl groups excluding tert-OH is 2. The van der Waals surface area contributed by atoms with Crippen molar-refractivity contribution in [3.63, 3.8) is 0 Å². The first kappa shape index (κ1) is 9.44. The van der Waals surface area contributed by atoms with Crippen LogP contribution >= 0.6 is 0 Å². The van der Waals surface area contributed by atoms with Gasteiger partial charge in [0.05, 0.1) is 6.10 Å². The summed E-state index contributed by atoms with van der Waals surface area (Å²) in [6.45, 7) is 2.92. The first-order chi connectivity index (χ1) is 6.24. The summed E-state index contributed by atoms with van der Waals surface area (Å²) in [6, 6.07) is 0. The Labute approximate surface area is 79.4 Å². The second kappa shape index (κ2) is 3.56. The fraction of sp³-hybridized carbons (Fsp3) is 1.00. The molecule has 0 radical (unpaired) electrons. The smallest absolute Gasteiger partial charge is 0.0793 e. The van der Waals surface area contributed by atoms with Gasteiger partial charge in [-0.15, -0.1) is 0 Å². The molecule has 0 amide bonds. The van der Waals surface area contributed by atoms with E-state index in [0.29, 0.717) is 6.61 Å². The molecule has 1 heterocycles. The molecule has 3 nitrogen and oxygen atoms in total. The van der Waals surface area contributed by atoms with Crippen LogP contribution in [-0.4, -0.2) is 47.5 Å². The molecule has 0 spiro atoms. The number of aliphatic hydroxyl groups is 2. The van der Waals surface area contributed by atoms with Gasteiger partial charge in [0.25, 0.3) is 0 Å². The molecule has 13 heavy (non-hydrogen) atoms. The number of rotatable bonds is 3. The summed E-state index contributed by atoms with van der Waals surface area (Å²) in [5.41, 5.74) is 0.167. The van der Waals surface area contributed by atoms with Gasteiger partial charge < -0.3 is 10.2 Å². The average molecular weight is 185 g/mol. The summed E-state index contributed by atoms with van der Waals surface area (Å²) >= 11 is 0. The van der Waals surface area contributed by atoms with Crippen LogP contribution in [0.15, 0.2) is 0 Å². The second-order valence-electron chi connectivity index (χ2n) is 4.71. The third-order valence-electron chi connectivity index (χ3n) is 3.50. The Morgan fingerprint density at radius 1 is 1.23 bits per heavy atom. The standard InChI is InChI=1S/C10H19NO2/c12-8-10(3-1-2-4-10)7-11-5-9(13)6-11/h9,12-13H,1-8H2. The summed E-state index contributed by atoms with van der Waals surface area (Å²) in [5, 5.41) is 18.5. The van der Waals surface area contributed by atoms with Crippen LogP contribution < -0.4 is 0 Å². The zero-order valence-electron chi connectivity index (χ0n) is 8.08. The quantitative estimate of drug-likeness (QED) is 0.661. The highest BCUT2D eigenvalue weighted by Crippen LogP contribution is 2.38. The maximum atomic E-state index is 9.36. The fourth-order valence-electron chi connectivity index (χ4n) is 2.64. The Morgan fingerprint density at radius 3 is 2.31 bits per heavy atom. The monoisotopic (exact) mass is 185 g/mol. The lowest BCUT2D eigenvalue weighted by atomic mass is 9.85. The van der Waals surface area contributed by atoms with Crippen LogP contribution in [0.25, 0.3) is 0 Å². The van der Waals surface area contributed by atoms with Crippen LogP contribution in [0, 0.1) is 5.41 Å². The van der Waals surface area contributed by atoms with Crippen LogP contribution in [0.3, 0.4) is 0 Å². The van der Waals surface area contributed by atoms with Crippen molar-refractivity contribution >= 4 is 0 Å². The van der Waals surface area contributed by atoms with Crippen molar-refractivity contribution in [3.05, 3.63) is 0 Å². The van der Waals surface area contributed by atoms with Crippen molar-refractivity contribution < 1.29 is 10.2 Å². The van der Waals surface area contributed by atoms with Crippen LogP contribution in [0.5, 0.6) is 0 Å². The predicted octanol–water partition coefficient (Wildman–Crippen LogP) is 0.216. The minimum absolute atomic E-state index is 0.114. The molecule has 1 aliphatic heterocycles. The van der Waals surface area contributed by atoms with Crippen molar-refractivity contribution in [2.45, 2.75) is 31.8 Å². The molecule has 1 saturated carbocycles. The maximum absolute atomic E-state index is 9.36. The van der Waals surface area contributed by atoms with Crippen molar-refractivity contribution in [2.75, 3.05) is 26.2 Å². The van der Waals surface area contributed by atoms with Gasteiger partial charge in [0.15, 0.2) is 0 Å². The summed E-state index contributed by atoms with van der Waals surface area (Å²) in [5.74, 6) is 0. The fourth-order valence-corrected chi connectivity index (χ4v) is 2.64. The Balaban J connectivity index is 1.83. The lowest BCUT2D eigenvalue weighted by Gasteiger charge is -2.41. The zero-order chi connectivity index (χ0) is 9.31. The Morgan fingerprint density at radius 2 is 1.85 bits per heavy atom. The molecule has 0 aromatic rings. The van der Waals surface area contributed by atoms with Gasteiger partial charge in [0.2, 0.25) is 0 Å². The van der Waals surface area contributed by atoms with Crippen LogP contribution in [0.1, 0.15) is 25.7 Å². The molecule has 1 saturated heterocycles. The molecule has 1 aliphatic carbocycles. The van der Waals surface area contributed by atoms with Crippen molar-refractivity contribution in [1.29, 1.82) is 0 Å². The zero-order valence-corrected chi connectivity index (χ0v) is 8.08. The topological polar surface area (TPSA) is 43.7 Å². The molecule has 0 aromatic heterocycles. The number of β-amino-alcohol motifs (C(OH)–C–C–N with tert-alkyl or cyclic N) is 1. The Kier molecular flexibility index (Phi) is 2.58.